The number of hydrogen-bond acceptors (Lipinski definition) is 4. The van der Waals surface area contributed by atoms with Crippen LogP contribution in [-0.2, 0) is 0 Å². The second kappa shape index (κ2) is 9.29. The molecule has 0 radical (unpaired) electrons. The maximum absolute atomic E-state index is 5.84. The smallest absolute Gasteiger partial charge is 0.120 e. The van der Waals surface area contributed by atoms with Crippen LogP contribution in [0, 0.1) is 0 Å². The summed E-state index contributed by atoms with van der Waals surface area (Å²) in [5.74, 6) is 0.922. The quantitative estimate of drug-likeness (QED) is 0.921. The fraction of sp³-hybridized carbons (Fsp3) is 0.571. The lowest BCUT2D eigenvalue weighted by atomic mass is 10.2. The van der Waals surface area contributed by atoms with Crippen molar-refractivity contribution in [3.05, 3.63) is 24.3 Å². The first-order valence-corrected chi connectivity index (χ1v) is 6.56. The van der Waals surface area contributed by atoms with Gasteiger partial charge < -0.3 is 15.4 Å². The highest BCUT2D eigenvalue weighted by molar-refractivity contribution is 5.85. The molecule has 20 heavy (non-hydrogen) atoms. The summed E-state index contributed by atoms with van der Waals surface area (Å²) in [5, 5.41) is 0. The Morgan fingerprint density at radius 1 is 1.20 bits per heavy atom. The average Bonchev–Trinajstić information content (AvgIpc) is 2.39. The summed E-state index contributed by atoms with van der Waals surface area (Å²) in [7, 11) is 1.71. The number of methoxy groups -OCH3 is 1. The van der Waals surface area contributed by atoms with Crippen molar-refractivity contribution in [3.63, 3.8) is 0 Å². The molecule has 1 saturated heterocycles. The number of nitrogens with zero attached hydrogens (tertiary/aromatic N) is 2. The minimum absolute atomic E-state index is 0. The van der Waals surface area contributed by atoms with E-state index in [1.165, 1.54) is 5.69 Å². The molecule has 1 atom stereocenters. The second-order valence-corrected chi connectivity index (χ2v) is 4.97. The van der Waals surface area contributed by atoms with E-state index < -0.39 is 0 Å². The van der Waals surface area contributed by atoms with Crippen LogP contribution in [0.5, 0.6) is 5.75 Å². The van der Waals surface area contributed by atoms with Gasteiger partial charge in [0.1, 0.15) is 5.75 Å². The Bertz CT molecular complexity index is 382. The molecular formula is C14H25Cl2N3O. The summed E-state index contributed by atoms with van der Waals surface area (Å²) in [4.78, 5) is 4.83. The van der Waals surface area contributed by atoms with Gasteiger partial charge >= 0.3 is 0 Å². The highest BCUT2D eigenvalue weighted by Gasteiger charge is 2.17. The lowest BCUT2D eigenvalue weighted by Crippen LogP contribution is -2.49. The van der Waals surface area contributed by atoms with E-state index in [-0.39, 0.29) is 30.9 Å². The van der Waals surface area contributed by atoms with E-state index in [1.807, 2.05) is 12.1 Å². The zero-order chi connectivity index (χ0) is 13.0. The number of hydrogen-bond donors (Lipinski definition) is 1. The SMILES string of the molecule is COc1cccc(N2CCN(CC(C)N)CC2)c1.Cl.Cl. The normalized spacial score (nSPS) is 16.9. The van der Waals surface area contributed by atoms with Gasteiger partial charge in [0.15, 0.2) is 0 Å². The van der Waals surface area contributed by atoms with E-state index in [2.05, 4.69) is 28.9 Å². The second-order valence-electron chi connectivity index (χ2n) is 4.97. The monoisotopic (exact) mass is 321 g/mol. The molecule has 0 bridgehead atoms. The Morgan fingerprint density at radius 3 is 2.40 bits per heavy atom. The van der Waals surface area contributed by atoms with Crippen LogP contribution >= 0.6 is 24.8 Å². The number of piperazine rings is 1. The first kappa shape index (κ1) is 19.3. The molecule has 116 valence electrons. The Hall–Kier alpha value is -0.680. The largest absolute Gasteiger partial charge is 0.497 e. The van der Waals surface area contributed by atoms with Crippen LogP contribution in [0.4, 0.5) is 5.69 Å². The van der Waals surface area contributed by atoms with Crippen molar-refractivity contribution in [1.82, 2.24) is 4.90 Å². The van der Waals surface area contributed by atoms with Crippen molar-refractivity contribution in [1.29, 1.82) is 0 Å². The van der Waals surface area contributed by atoms with E-state index >= 15 is 0 Å². The van der Waals surface area contributed by atoms with Gasteiger partial charge in [-0.05, 0) is 19.1 Å². The number of nitrogens with two attached hydrogens (primary N) is 1. The third kappa shape index (κ3) is 5.37. The molecule has 0 aromatic heterocycles. The molecule has 1 aliphatic heterocycles. The third-order valence-corrected chi connectivity index (χ3v) is 3.34. The molecular weight excluding hydrogens is 297 g/mol. The molecule has 1 aromatic rings. The molecule has 4 nitrogen and oxygen atoms in total. The van der Waals surface area contributed by atoms with Crippen LogP contribution in [0.1, 0.15) is 6.92 Å². The van der Waals surface area contributed by atoms with Gasteiger partial charge in [0.05, 0.1) is 7.11 Å². The summed E-state index contributed by atoms with van der Waals surface area (Å²) >= 11 is 0. The van der Waals surface area contributed by atoms with Crippen molar-refractivity contribution in [2.24, 2.45) is 5.73 Å². The van der Waals surface area contributed by atoms with Crippen LogP contribution < -0.4 is 15.4 Å². The van der Waals surface area contributed by atoms with Gasteiger partial charge in [0, 0.05) is 50.5 Å². The van der Waals surface area contributed by atoms with Gasteiger partial charge in [0.2, 0.25) is 0 Å². The van der Waals surface area contributed by atoms with E-state index in [0.29, 0.717) is 0 Å². The number of halogens is 2. The molecule has 0 saturated carbocycles. The molecule has 1 heterocycles. The summed E-state index contributed by atoms with van der Waals surface area (Å²) in [5.41, 5.74) is 7.08. The van der Waals surface area contributed by atoms with Crippen molar-refractivity contribution in [2.45, 2.75) is 13.0 Å². The zero-order valence-electron chi connectivity index (χ0n) is 12.1. The van der Waals surface area contributed by atoms with Crippen LogP contribution in [-0.4, -0.2) is 50.8 Å². The summed E-state index contributed by atoms with van der Waals surface area (Å²) in [6.07, 6.45) is 0. The van der Waals surface area contributed by atoms with Crippen molar-refractivity contribution < 1.29 is 4.74 Å². The molecule has 0 aliphatic carbocycles. The predicted octanol–water partition coefficient (Wildman–Crippen LogP) is 2.01. The lowest BCUT2D eigenvalue weighted by Gasteiger charge is -2.36. The average molecular weight is 322 g/mol. The van der Waals surface area contributed by atoms with Crippen LogP contribution in [0.3, 0.4) is 0 Å². The van der Waals surface area contributed by atoms with Gasteiger partial charge in [0.25, 0.3) is 0 Å². The third-order valence-electron chi connectivity index (χ3n) is 3.34. The molecule has 1 fully saturated rings. The van der Waals surface area contributed by atoms with Crippen LogP contribution in [0.25, 0.3) is 0 Å². The maximum atomic E-state index is 5.84. The van der Waals surface area contributed by atoms with Crippen LogP contribution in [0.15, 0.2) is 24.3 Å². The Labute approximate surface area is 134 Å². The Morgan fingerprint density at radius 2 is 1.85 bits per heavy atom. The minimum Gasteiger partial charge on any atom is -0.497 e. The minimum atomic E-state index is 0. The fourth-order valence-electron chi connectivity index (χ4n) is 2.40. The molecule has 1 aromatic carbocycles. The molecule has 1 unspecified atom stereocenters. The standard InChI is InChI=1S/C14H23N3O.2ClH/c1-12(15)11-16-6-8-17(9-7-16)13-4-3-5-14(10-13)18-2;;/h3-5,10,12H,6-9,11,15H2,1-2H3;2*1H. The van der Waals surface area contributed by atoms with Gasteiger partial charge in [-0.2, -0.15) is 0 Å². The molecule has 2 rings (SSSR count). The fourth-order valence-corrected chi connectivity index (χ4v) is 2.40. The number of rotatable bonds is 4. The highest BCUT2D eigenvalue weighted by atomic mass is 35.5. The zero-order valence-corrected chi connectivity index (χ0v) is 13.8. The van der Waals surface area contributed by atoms with E-state index in [0.717, 1.165) is 38.5 Å². The van der Waals surface area contributed by atoms with Crippen molar-refractivity contribution >= 4 is 30.5 Å². The molecule has 0 amide bonds. The summed E-state index contributed by atoms with van der Waals surface area (Å²) in [6, 6.07) is 8.52. The number of benzene rings is 1. The first-order valence-electron chi connectivity index (χ1n) is 6.56. The van der Waals surface area contributed by atoms with Gasteiger partial charge in [-0.15, -0.1) is 24.8 Å². The van der Waals surface area contributed by atoms with Gasteiger partial charge in [-0.3, -0.25) is 4.90 Å². The van der Waals surface area contributed by atoms with Crippen molar-refractivity contribution in [2.75, 3.05) is 44.7 Å². The van der Waals surface area contributed by atoms with E-state index in [1.54, 1.807) is 7.11 Å². The van der Waals surface area contributed by atoms with Crippen LogP contribution in [0.2, 0.25) is 0 Å². The van der Waals surface area contributed by atoms with Gasteiger partial charge in [-0.1, -0.05) is 6.07 Å². The van der Waals surface area contributed by atoms with Gasteiger partial charge in [-0.25, -0.2) is 0 Å². The maximum Gasteiger partial charge on any atom is 0.120 e. The highest BCUT2D eigenvalue weighted by Crippen LogP contribution is 2.21. The van der Waals surface area contributed by atoms with Crippen molar-refractivity contribution in [3.8, 4) is 5.75 Å². The molecule has 6 heteroatoms. The summed E-state index contributed by atoms with van der Waals surface area (Å²) < 4.78 is 5.27. The van der Waals surface area contributed by atoms with E-state index in [9.17, 15) is 0 Å². The predicted molar refractivity (Wildman–Crippen MR) is 89.8 cm³/mol. The molecule has 2 N–H and O–H groups in total. The summed E-state index contributed by atoms with van der Waals surface area (Å²) in [6.45, 7) is 7.33. The molecule has 1 aliphatic rings. The number of anilines is 1. The topological polar surface area (TPSA) is 41.7 Å². The number of ether oxygens (including phenoxy) is 1. The Balaban J connectivity index is 0.00000180. The Kier molecular flexibility index (Phi) is 8.98. The lowest BCUT2D eigenvalue weighted by molar-refractivity contribution is 0.246. The first-order chi connectivity index (χ1) is 8.69. The van der Waals surface area contributed by atoms with E-state index in [4.69, 9.17) is 10.5 Å². The molecule has 0 spiro atoms.